The summed E-state index contributed by atoms with van der Waals surface area (Å²) < 4.78 is 0. The van der Waals surface area contributed by atoms with Crippen molar-refractivity contribution in [2.75, 3.05) is 7.05 Å². The second-order valence-corrected chi connectivity index (χ2v) is 5.86. The van der Waals surface area contributed by atoms with E-state index in [9.17, 15) is 5.11 Å². The normalized spacial score (nSPS) is 37.4. The van der Waals surface area contributed by atoms with Crippen molar-refractivity contribution in [3.05, 3.63) is 35.4 Å². The number of aliphatic hydroxyl groups is 1. The van der Waals surface area contributed by atoms with Gasteiger partial charge in [-0.05, 0) is 45.2 Å². The highest BCUT2D eigenvalue weighted by Crippen LogP contribution is 2.44. The van der Waals surface area contributed by atoms with Crippen molar-refractivity contribution in [1.82, 2.24) is 4.90 Å². The first-order valence-electron chi connectivity index (χ1n) is 6.60. The molecule has 1 unspecified atom stereocenters. The van der Waals surface area contributed by atoms with Crippen molar-refractivity contribution in [1.29, 1.82) is 0 Å². The summed E-state index contributed by atoms with van der Waals surface area (Å²) in [7, 11) is 2.21. The number of benzene rings is 1. The van der Waals surface area contributed by atoms with Gasteiger partial charge in [0.2, 0.25) is 0 Å². The minimum atomic E-state index is -0.591. The second-order valence-electron chi connectivity index (χ2n) is 5.86. The average Bonchev–Trinajstić information content (AvgIpc) is 2.53. The summed E-state index contributed by atoms with van der Waals surface area (Å²) in [6, 6.07) is 9.54. The van der Waals surface area contributed by atoms with E-state index < -0.39 is 5.60 Å². The smallest absolute Gasteiger partial charge is 0.0926 e. The lowest BCUT2D eigenvalue weighted by Crippen LogP contribution is -2.47. The number of nitrogens with zero attached hydrogens (tertiary/aromatic N) is 1. The average molecular weight is 231 g/mol. The molecule has 2 aliphatic heterocycles. The third-order valence-corrected chi connectivity index (χ3v) is 4.72. The van der Waals surface area contributed by atoms with Crippen molar-refractivity contribution in [2.24, 2.45) is 0 Å². The molecule has 0 radical (unpaired) electrons. The van der Waals surface area contributed by atoms with E-state index in [2.05, 4.69) is 43.1 Å². The molecule has 2 heteroatoms. The van der Waals surface area contributed by atoms with Crippen molar-refractivity contribution in [2.45, 2.75) is 50.3 Å². The summed E-state index contributed by atoms with van der Waals surface area (Å²) in [6.07, 6.45) is 4.27. The number of rotatable bonds is 1. The van der Waals surface area contributed by atoms with E-state index in [-0.39, 0.29) is 0 Å². The summed E-state index contributed by atoms with van der Waals surface area (Å²) in [5.41, 5.74) is 1.77. The molecule has 2 nitrogen and oxygen atoms in total. The Labute approximate surface area is 103 Å². The number of fused-ring (bicyclic) bond motifs is 2. The molecule has 0 amide bonds. The fourth-order valence-corrected chi connectivity index (χ4v) is 3.54. The van der Waals surface area contributed by atoms with Gasteiger partial charge >= 0.3 is 0 Å². The third-order valence-electron chi connectivity index (χ3n) is 4.72. The standard InChI is InChI=1S/C15H21NO/c1-11-3-5-12(6-4-11)15(17)9-13-7-8-14(10-15)16(13)2/h3-6,13-14,17H,7-10H2,1-2H3/t13-,14+,15?. The molecule has 1 N–H and O–H groups in total. The van der Waals surface area contributed by atoms with Gasteiger partial charge in [0.05, 0.1) is 5.60 Å². The summed E-state index contributed by atoms with van der Waals surface area (Å²) in [5, 5.41) is 10.9. The molecule has 0 saturated carbocycles. The van der Waals surface area contributed by atoms with Crippen LogP contribution in [0.1, 0.15) is 36.8 Å². The zero-order chi connectivity index (χ0) is 12.0. The molecular formula is C15H21NO. The van der Waals surface area contributed by atoms with Crippen LogP contribution in [0.25, 0.3) is 0 Å². The monoisotopic (exact) mass is 231 g/mol. The highest BCUT2D eigenvalue weighted by Gasteiger charge is 2.46. The van der Waals surface area contributed by atoms with Crippen molar-refractivity contribution in [3.8, 4) is 0 Å². The molecule has 0 aliphatic carbocycles. The molecule has 2 heterocycles. The van der Waals surface area contributed by atoms with Crippen LogP contribution >= 0.6 is 0 Å². The molecular weight excluding hydrogens is 210 g/mol. The maximum atomic E-state index is 10.9. The topological polar surface area (TPSA) is 23.5 Å². The molecule has 2 saturated heterocycles. The van der Waals surface area contributed by atoms with Gasteiger partial charge in [-0.25, -0.2) is 0 Å². The highest BCUT2D eigenvalue weighted by atomic mass is 16.3. The number of hydrogen-bond donors (Lipinski definition) is 1. The fourth-order valence-electron chi connectivity index (χ4n) is 3.54. The predicted molar refractivity (Wildman–Crippen MR) is 68.9 cm³/mol. The van der Waals surface area contributed by atoms with Crippen LogP contribution in [0.15, 0.2) is 24.3 Å². The minimum absolute atomic E-state index is 0.569. The zero-order valence-corrected chi connectivity index (χ0v) is 10.7. The molecule has 92 valence electrons. The Balaban J connectivity index is 1.90. The zero-order valence-electron chi connectivity index (χ0n) is 10.7. The van der Waals surface area contributed by atoms with Crippen LogP contribution in [0, 0.1) is 6.92 Å². The summed E-state index contributed by atoms with van der Waals surface area (Å²) in [5.74, 6) is 0. The Morgan fingerprint density at radius 1 is 1.12 bits per heavy atom. The fraction of sp³-hybridized carbons (Fsp3) is 0.600. The van der Waals surface area contributed by atoms with Crippen LogP contribution < -0.4 is 0 Å². The molecule has 1 aromatic carbocycles. The van der Waals surface area contributed by atoms with Gasteiger partial charge in [0, 0.05) is 12.1 Å². The molecule has 17 heavy (non-hydrogen) atoms. The Kier molecular flexibility index (Phi) is 2.53. The first kappa shape index (κ1) is 11.2. The first-order valence-corrected chi connectivity index (χ1v) is 6.60. The predicted octanol–water partition coefficient (Wildman–Crippen LogP) is 2.44. The Morgan fingerprint density at radius 2 is 1.65 bits per heavy atom. The van der Waals surface area contributed by atoms with Crippen LogP contribution in [0.3, 0.4) is 0 Å². The largest absolute Gasteiger partial charge is 0.385 e. The van der Waals surface area contributed by atoms with Gasteiger partial charge in [-0.2, -0.15) is 0 Å². The number of aryl methyl sites for hydroxylation is 1. The SMILES string of the molecule is Cc1ccc(C2(O)C[C@H]3CC[C@@H](C2)N3C)cc1. The van der Waals surface area contributed by atoms with Gasteiger partial charge < -0.3 is 10.0 Å². The molecule has 2 fully saturated rings. The van der Waals surface area contributed by atoms with Crippen LogP contribution in [0.5, 0.6) is 0 Å². The Bertz CT molecular complexity index is 397. The molecule has 0 spiro atoms. The lowest BCUT2D eigenvalue weighted by atomic mass is 9.80. The lowest BCUT2D eigenvalue weighted by molar-refractivity contribution is -0.0493. The van der Waals surface area contributed by atoms with E-state index in [4.69, 9.17) is 0 Å². The van der Waals surface area contributed by atoms with E-state index in [0.29, 0.717) is 12.1 Å². The van der Waals surface area contributed by atoms with Crippen molar-refractivity contribution in [3.63, 3.8) is 0 Å². The Hall–Kier alpha value is -0.860. The molecule has 0 aromatic heterocycles. The lowest BCUT2D eigenvalue weighted by Gasteiger charge is -2.42. The van der Waals surface area contributed by atoms with E-state index in [1.165, 1.54) is 18.4 Å². The number of piperidine rings is 1. The van der Waals surface area contributed by atoms with Crippen LogP contribution in [0.2, 0.25) is 0 Å². The van der Waals surface area contributed by atoms with Crippen LogP contribution in [-0.4, -0.2) is 29.1 Å². The maximum Gasteiger partial charge on any atom is 0.0926 e. The van der Waals surface area contributed by atoms with Gasteiger partial charge in [0.25, 0.3) is 0 Å². The van der Waals surface area contributed by atoms with E-state index in [1.54, 1.807) is 0 Å². The van der Waals surface area contributed by atoms with Crippen LogP contribution in [-0.2, 0) is 5.60 Å². The van der Waals surface area contributed by atoms with Crippen molar-refractivity contribution < 1.29 is 5.11 Å². The van der Waals surface area contributed by atoms with Gasteiger partial charge in [-0.3, -0.25) is 0 Å². The van der Waals surface area contributed by atoms with E-state index in [1.807, 2.05) is 0 Å². The third kappa shape index (κ3) is 1.80. The Morgan fingerprint density at radius 3 is 2.18 bits per heavy atom. The number of hydrogen-bond acceptors (Lipinski definition) is 2. The molecule has 2 aliphatic rings. The van der Waals surface area contributed by atoms with Gasteiger partial charge in [0.15, 0.2) is 0 Å². The minimum Gasteiger partial charge on any atom is -0.385 e. The van der Waals surface area contributed by atoms with Crippen LogP contribution in [0.4, 0.5) is 0 Å². The highest BCUT2D eigenvalue weighted by molar-refractivity contribution is 5.28. The molecule has 2 bridgehead atoms. The molecule has 1 aromatic rings. The summed E-state index contributed by atoms with van der Waals surface area (Å²) in [4.78, 5) is 2.46. The summed E-state index contributed by atoms with van der Waals surface area (Å²) >= 11 is 0. The summed E-state index contributed by atoms with van der Waals surface area (Å²) in [6.45, 7) is 2.09. The van der Waals surface area contributed by atoms with Gasteiger partial charge in [-0.1, -0.05) is 29.8 Å². The van der Waals surface area contributed by atoms with Gasteiger partial charge in [-0.15, -0.1) is 0 Å². The quantitative estimate of drug-likeness (QED) is 0.802. The second kappa shape index (κ2) is 3.82. The molecule has 3 rings (SSSR count). The van der Waals surface area contributed by atoms with E-state index >= 15 is 0 Å². The van der Waals surface area contributed by atoms with Crippen molar-refractivity contribution >= 4 is 0 Å². The van der Waals surface area contributed by atoms with Gasteiger partial charge in [0.1, 0.15) is 0 Å². The van der Waals surface area contributed by atoms with E-state index in [0.717, 1.165) is 18.4 Å². The maximum absolute atomic E-state index is 10.9. The molecule has 3 atom stereocenters. The first-order chi connectivity index (χ1) is 8.08.